The average molecular weight is 316 g/mol. The number of carbonyl (C=O) groups is 1. The quantitative estimate of drug-likeness (QED) is 0.812. The number of nitrogens with one attached hydrogen (secondary N) is 1. The van der Waals surface area contributed by atoms with Crippen LogP contribution in [0, 0.1) is 6.92 Å². The van der Waals surface area contributed by atoms with Gasteiger partial charge in [-0.15, -0.1) is 0 Å². The Morgan fingerprint density at radius 3 is 2.58 bits per heavy atom. The second-order valence-corrected chi connectivity index (χ2v) is 6.59. The molecule has 0 bridgehead atoms. The van der Waals surface area contributed by atoms with Crippen LogP contribution in [0.3, 0.4) is 0 Å². The molecule has 2 aromatic rings. The molecule has 3 heteroatoms. The minimum absolute atomic E-state index is 0.186. The zero-order valence-electron chi connectivity index (χ0n) is 14.0. The average Bonchev–Trinajstić information content (AvgIpc) is 2.70. The molecule has 1 N–H and O–H groups in total. The molecule has 2 aromatic carbocycles. The third-order valence-corrected chi connectivity index (χ3v) is 4.92. The summed E-state index contributed by atoms with van der Waals surface area (Å²) in [5.74, 6) is 0.394. The molecule has 0 aromatic heterocycles. The predicted octanol–water partition coefficient (Wildman–Crippen LogP) is 4.91. The lowest BCUT2D eigenvalue weighted by atomic mass is 9.77. The van der Waals surface area contributed by atoms with Gasteiger partial charge in [0.15, 0.2) is 5.78 Å². The van der Waals surface area contributed by atoms with Gasteiger partial charge < -0.3 is 5.32 Å². The highest BCUT2D eigenvalue weighted by atomic mass is 16.1. The summed E-state index contributed by atoms with van der Waals surface area (Å²) in [4.78, 5) is 17.7. The first-order chi connectivity index (χ1) is 11.6. The Bertz CT molecular complexity index is 892. The van der Waals surface area contributed by atoms with E-state index >= 15 is 0 Å². The summed E-state index contributed by atoms with van der Waals surface area (Å²) in [6.07, 6.45) is 1.36. The van der Waals surface area contributed by atoms with Crippen LogP contribution in [0.2, 0.25) is 0 Å². The number of para-hydroxylation sites is 2. The SMILES string of the molecule is CC1=C2C(=O)CC(c3ccccc3C)CC2=Nc2ccccc2N1. The predicted molar refractivity (Wildman–Crippen MR) is 98.0 cm³/mol. The van der Waals surface area contributed by atoms with E-state index in [1.165, 1.54) is 11.1 Å². The van der Waals surface area contributed by atoms with Gasteiger partial charge in [0.2, 0.25) is 0 Å². The maximum Gasteiger partial charge on any atom is 0.167 e. The van der Waals surface area contributed by atoms with Gasteiger partial charge in [0.25, 0.3) is 0 Å². The number of nitrogens with zero attached hydrogens (tertiary/aromatic N) is 1. The monoisotopic (exact) mass is 316 g/mol. The minimum atomic E-state index is 0.186. The first-order valence-corrected chi connectivity index (χ1v) is 8.37. The third-order valence-electron chi connectivity index (χ3n) is 4.92. The molecule has 4 rings (SSSR count). The number of benzene rings is 2. The first kappa shape index (κ1) is 14.9. The number of rotatable bonds is 1. The first-order valence-electron chi connectivity index (χ1n) is 8.37. The molecule has 0 amide bonds. The maximum absolute atomic E-state index is 12.9. The Balaban J connectivity index is 1.80. The van der Waals surface area contributed by atoms with Crippen LogP contribution in [0.25, 0.3) is 0 Å². The highest BCUT2D eigenvalue weighted by Gasteiger charge is 2.33. The number of aryl methyl sites for hydroxylation is 1. The number of ketones is 1. The van der Waals surface area contributed by atoms with Crippen LogP contribution in [0.1, 0.15) is 36.8 Å². The van der Waals surface area contributed by atoms with Gasteiger partial charge in [-0.2, -0.15) is 0 Å². The molecule has 1 heterocycles. The van der Waals surface area contributed by atoms with Gasteiger partial charge >= 0.3 is 0 Å². The van der Waals surface area contributed by atoms with Crippen molar-refractivity contribution in [3.8, 4) is 0 Å². The fourth-order valence-corrected chi connectivity index (χ4v) is 3.77. The summed E-state index contributed by atoms with van der Waals surface area (Å²) in [7, 11) is 0. The van der Waals surface area contributed by atoms with Gasteiger partial charge in [0.1, 0.15) is 0 Å². The van der Waals surface area contributed by atoms with Crippen LogP contribution in [0.4, 0.5) is 11.4 Å². The topological polar surface area (TPSA) is 41.5 Å². The fourth-order valence-electron chi connectivity index (χ4n) is 3.77. The highest BCUT2D eigenvalue weighted by molar-refractivity contribution is 6.26. The van der Waals surface area contributed by atoms with Gasteiger partial charge in [-0.05, 0) is 49.4 Å². The van der Waals surface area contributed by atoms with Crippen molar-refractivity contribution in [1.29, 1.82) is 0 Å². The number of anilines is 1. The Labute approximate surface area is 142 Å². The van der Waals surface area contributed by atoms with Gasteiger partial charge in [-0.3, -0.25) is 9.79 Å². The summed E-state index contributed by atoms with van der Waals surface area (Å²) < 4.78 is 0. The number of hydrogen-bond acceptors (Lipinski definition) is 3. The number of Topliss-reactive ketones (excluding diaryl/α,β-unsaturated/α-hetero) is 1. The van der Waals surface area contributed by atoms with Crippen molar-refractivity contribution in [3.05, 3.63) is 70.9 Å². The second-order valence-electron chi connectivity index (χ2n) is 6.59. The Kier molecular flexibility index (Phi) is 3.57. The van der Waals surface area contributed by atoms with Crippen molar-refractivity contribution in [1.82, 2.24) is 0 Å². The van der Waals surface area contributed by atoms with E-state index in [4.69, 9.17) is 4.99 Å². The molecule has 1 unspecified atom stereocenters. The normalized spacial score (nSPS) is 19.8. The zero-order chi connectivity index (χ0) is 16.7. The van der Waals surface area contributed by atoms with Crippen LogP contribution in [-0.2, 0) is 4.79 Å². The zero-order valence-corrected chi connectivity index (χ0v) is 14.0. The van der Waals surface area contributed by atoms with Gasteiger partial charge in [0, 0.05) is 12.1 Å². The van der Waals surface area contributed by atoms with Crippen LogP contribution in [0.5, 0.6) is 0 Å². The molecule has 1 aliphatic carbocycles. The van der Waals surface area contributed by atoms with Crippen molar-refractivity contribution in [3.63, 3.8) is 0 Å². The minimum Gasteiger partial charge on any atom is -0.357 e. The molecule has 1 saturated carbocycles. The second kappa shape index (κ2) is 5.75. The van der Waals surface area contributed by atoms with Crippen molar-refractivity contribution in [2.75, 3.05) is 5.32 Å². The van der Waals surface area contributed by atoms with Gasteiger partial charge in [-0.25, -0.2) is 0 Å². The molecule has 2 aliphatic rings. The van der Waals surface area contributed by atoms with Gasteiger partial charge in [-0.1, -0.05) is 36.4 Å². The number of aliphatic imine (C=N–C) groups is 1. The number of fused-ring (bicyclic) bond motifs is 2. The van der Waals surface area contributed by atoms with Crippen LogP contribution < -0.4 is 5.32 Å². The van der Waals surface area contributed by atoms with Crippen LogP contribution >= 0.6 is 0 Å². The van der Waals surface area contributed by atoms with Gasteiger partial charge in [0.05, 0.1) is 22.7 Å². The van der Waals surface area contributed by atoms with E-state index in [1.807, 2.05) is 37.3 Å². The number of hydrogen-bond donors (Lipinski definition) is 1. The molecule has 120 valence electrons. The Hall–Kier alpha value is -2.68. The van der Waals surface area contributed by atoms with Crippen LogP contribution in [-0.4, -0.2) is 11.5 Å². The third kappa shape index (κ3) is 2.46. The van der Waals surface area contributed by atoms with E-state index in [0.29, 0.717) is 6.42 Å². The molecule has 0 spiro atoms. The smallest absolute Gasteiger partial charge is 0.167 e. The molecule has 0 radical (unpaired) electrons. The molecular formula is C21H20N2O. The maximum atomic E-state index is 12.9. The molecule has 24 heavy (non-hydrogen) atoms. The standard InChI is InChI=1S/C21H20N2O/c1-13-7-3-4-8-16(13)15-11-19-21(20(24)12-15)14(2)22-17-9-5-6-10-18(17)23-19/h3-10,15,22H,11-12H2,1-2H3. The van der Waals surface area contributed by atoms with Crippen molar-refractivity contribution in [2.24, 2.45) is 4.99 Å². The summed E-state index contributed by atoms with van der Waals surface area (Å²) >= 11 is 0. The van der Waals surface area contributed by atoms with E-state index in [2.05, 4.69) is 30.4 Å². The fraction of sp³-hybridized carbons (Fsp3) is 0.238. The molecule has 3 nitrogen and oxygen atoms in total. The Morgan fingerprint density at radius 1 is 1.00 bits per heavy atom. The summed E-state index contributed by atoms with van der Waals surface area (Å²) in [5.41, 5.74) is 6.96. The lowest BCUT2D eigenvalue weighted by Crippen LogP contribution is -2.27. The lowest BCUT2D eigenvalue weighted by molar-refractivity contribution is -0.115. The summed E-state index contributed by atoms with van der Waals surface area (Å²) in [6.45, 7) is 4.08. The van der Waals surface area contributed by atoms with Crippen molar-refractivity contribution in [2.45, 2.75) is 32.6 Å². The van der Waals surface area contributed by atoms with E-state index in [9.17, 15) is 4.79 Å². The van der Waals surface area contributed by atoms with E-state index in [-0.39, 0.29) is 11.7 Å². The molecule has 0 saturated heterocycles. The molecular weight excluding hydrogens is 296 g/mol. The Morgan fingerprint density at radius 2 is 1.75 bits per heavy atom. The number of allylic oxidation sites excluding steroid dienone is 2. The van der Waals surface area contributed by atoms with Crippen molar-refractivity contribution < 1.29 is 4.79 Å². The molecule has 1 aliphatic heterocycles. The van der Waals surface area contributed by atoms with Crippen molar-refractivity contribution >= 4 is 22.9 Å². The molecule has 1 fully saturated rings. The largest absolute Gasteiger partial charge is 0.357 e. The summed E-state index contributed by atoms with van der Waals surface area (Å²) in [6, 6.07) is 16.3. The summed E-state index contributed by atoms with van der Waals surface area (Å²) in [5, 5.41) is 3.36. The number of carbonyl (C=O) groups excluding carboxylic acids is 1. The van der Waals surface area contributed by atoms with Crippen LogP contribution in [0.15, 0.2) is 64.8 Å². The molecule has 1 atom stereocenters. The lowest BCUT2D eigenvalue weighted by Gasteiger charge is -2.26. The highest BCUT2D eigenvalue weighted by Crippen LogP contribution is 2.39. The van der Waals surface area contributed by atoms with E-state index < -0.39 is 0 Å². The van der Waals surface area contributed by atoms with E-state index in [0.717, 1.165) is 34.8 Å². The van der Waals surface area contributed by atoms with E-state index in [1.54, 1.807) is 0 Å².